The molecule has 0 atom stereocenters. The Morgan fingerprint density at radius 1 is 1.48 bits per heavy atom. The van der Waals surface area contributed by atoms with Crippen LogP contribution in [-0.2, 0) is 0 Å². The van der Waals surface area contributed by atoms with Crippen LogP contribution in [0.15, 0.2) is 23.3 Å². The molecule has 8 nitrogen and oxygen atoms in total. The van der Waals surface area contributed by atoms with Crippen molar-refractivity contribution in [3.05, 3.63) is 38.9 Å². The molecule has 0 aliphatic heterocycles. The van der Waals surface area contributed by atoms with E-state index in [1.165, 1.54) is 18.5 Å². The molecule has 8 heteroatoms. The predicted octanol–water partition coefficient (Wildman–Crippen LogP) is 1.26. The highest BCUT2D eigenvalue weighted by Gasteiger charge is 2.21. The van der Waals surface area contributed by atoms with Crippen molar-refractivity contribution in [3.63, 3.8) is 0 Å². The second kappa shape index (κ2) is 5.49. The van der Waals surface area contributed by atoms with Crippen LogP contribution in [0.2, 0.25) is 0 Å². The third kappa shape index (κ3) is 3.16. The summed E-state index contributed by atoms with van der Waals surface area (Å²) in [6.07, 6.45) is 1.25. The lowest BCUT2D eigenvalue weighted by Gasteiger charge is -2.22. The molecule has 0 saturated carbocycles. The van der Waals surface area contributed by atoms with E-state index in [2.05, 4.69) is 15.3 Å². The summed E-state index contributed by atoms with van der Waals surface area (Å²) in [7, 11) is 0. The molecule has 0 saturated heterocycles. The Balaban J connectivity index is 2.49. The quantitative estimate of drug-likeness (QED) is 0.563. The maximum Gasteiger partial charge on any atom is 0.293 e. The number of hydrogen-bond acceptors (Lipinski definition) is 6. The van der Waals surface area contributed by atoms with E-state index in [-0.39, 0.29) is 23.4 Å². The van der Waals surface area contributed by atoms with E-state index in [0.29, 0.717) is 12.1 Å². The number of nitrogens with zero attached hydrogens (tertiary/aromatic N) is 2. The molecule has 1 aromatic heterocycles. The van der Waals surface area contributed by atoms with Crippen molar-refractivity contribution in [2.45, 2.75) is 13.8 Å². The fraction of sp³-hybridized carbons (Fsp3) is 0.385. The highest BCUT2D eigenvalue weighted by Crippen LogP contribution is 2.29. The molecule has 2 aromatic rings. The first-order valence-corrected chi connectivity index (χ1v) is 6.34. The van der Waals surface area contributed by atoms with Gasteiger partial charge in [0.2, 0.25) is 0 Å². The standard InChI is InChI=1S/C13H16N4O4/c1-13(2,6-18)5-14-10-4-9-8(3-11(10)17(20)21)12(19)16-7-15-9/h3-4,7,14,18H,5-6H2,1-2H3,(H,15,16,19). The van der Waals surface area contributed by atoms with Crippen molar-refractivity contribution < 1.29 is 10.0 Å². The summed E-state index contributed by atoms with van der Waals surface area (Å²) in [4.78, 5) is 28.6. The number of aromatic nitrogens is 2. The molecule has 1 aromatic carbocycles. The molecule has 0 aliphatic carbocycles. The second-order valence-corrected chi connectivity index (χ2v) is 5.55. The maximum absolute atomic E-state index is 11.7. The summed E-state index contributed by atoms with van der Waals surface area (Å²) in [5, 5.41) is 23.5. The molecule has 0 fully saturated rings. The van der Waals surface area contributed by atoms with E-state index in [4.69, 9.17) is 0 Å². The first kappa shape index (κ1) is 14.9. The molecular formula is C13H16N4O4. The van der Waals surface area contributed by atoms with E-state index in [1.807, 2.05) is 13.8 Å². The van der Waals surface area contributed by atoms with E-state index in [9.17, 15) is 20.0 Å². The highest BCUT2D eigenvalue weighted by atomic mass is 16.6. The van der Waals surface area contributed by atoms with Crippen molar-refractivity contribution in [2.75, 3.05) is 18.5 Å². The Kier molecular flexibility index (Phi) is 3.90. The number of aliphatic hydroxyl groups excluding tert-OH is 1. The minimum absolute atomic E-state index is 0.0563. The molecule has 2 rings (SSSR count). The predicted molar refractivity (Wildman–Crippen MR) is 78.4 cm³/mol. The van der Waals surface area contributed by atoms with Gasteiger partial charge in [0.1, 0.15) is 5.69 Å². The van der Waals surface area contributed by atoms with Crippen LogP contribution in [0.4, 0.5) is 11.4 Å². The van der Waals surface area contributed by atoms with E-state index in [1.54, 1.807) is 0 Å². The summed E-state index contributed by atoms with van der Waals surface area (Å²) in [6, 6.07) is 2.67. The lowest BCUT2D eigenvalue weighted by Crippen LogP contribution is -2.27. The zero-order valence-electron chi connectivity index (χ0n) is 11.7. The van der Waals surface area contributed by atoms with Gasteiger partial charge in [0, 0.05) is 24.6 Å². The van der Waals surface area contributed by atoms with E-state index in [0.717, 1.165) is 0 Å². The third-order valence-corrected chi connectivity index (χ3v) is 3.14. The number of aromatic amines is 1. The molecular weight excluding hydrogens is 276 g/mol. The van der Waals surface area contributed by atoms with Crippen molar-refractivity contribution >= 4 is 22.3 Å². The minimum Gasteiger partial charge on any atom is -0.396 e. The minimum atomic E-state index is -0.555. The van der Waals surface area contributed by atoms with Gasteiger partial charge in [0.05, 0.1) is 22.2 Å². The third-order valence-electron chi connectivity index (χ3n) is 3.14. The van der Waals surface area contributed by atoms with Crippen LogP contribution in [0.1, 0.15) is 13.8 Å². The summed E-state index contributed by atoms with van der Waals surface area (Å²) in [5.41, 5.74) is -0.411. The summed E-state index contributed by atoms with van der Waals surface area (Å²) in [6.45, 7) is 3.95. The number of nitrogens with one attached hydrogen (secondary N) is 2. The number of nitro benzene ring substituents is 1. The topological polar surface area (TPSA) is 121 Å². The number of benzene rings is 1. The van der Waals surface area contributed by atoms with Gasteiger partial charge in [-0.15, -0.1) is 0 Å². The Morgan fingerprint density at radius 2 is 2.19 bits per heavy atom. The molecule has 21 heavy (non-hydrogen) atoms. The second-order valence-electron chi connectivity index (χ2n) is 5.55. The van der Waals surface area contributed by atoms with Crippen molar-refractivity contribution in [3.8, 4) is 0 Å². The van der Waals surface area contributed by atoms with Crippen LogP contribution in [0.25, 0.3) is 10.9 Å². The normalized spacial score (nSPS) is 11.6. The Bertz CT molecular complexity index is 739. The van der Waals surface area contributed by atoms with Gasteiger partial charge >= 0.3 is 0 Å². The first-order valence-electron chi connectivity index (χ1n) is 6.34. The van der Waals surface area contributed by atoms with Crippen LogP contribution in [-0.4, -0.2) is 33.1 Å². The highest BCUT2D eigenvalue weighted by molar-refractivity contribution is 5.86. The smallest absolute Gasteiger partial charge is 0.293 e. The van der Waals surface area contributed by atoms with Crippen molar-refractivity contribution in [1.29, 1.82) is 0 Å². The SMILES string of the molecule is CC(C)(CO)CNc1cc2nc[nH]c(=O)c2cc1[N+](=O)[O-]. The van der Waals surface area contributed by atoms with Crippen LogP contribution in [0.5, 0.6) is 0 Å². The van der Waals surface area contributed by atoms with Crippen LogP contribution < -0.4 is 10.9 Å². The van der Waals surface area contributed by atoms with Crippen molar-refractivity contribution in [2.24, 2.45) is 5.41 Å². The van der Waals surface area contributed by atoms with Gasteiger partial charge in [-0.1, -0.05) is 13.8 Å². The molecule has 3 N–H and O–H groups in total. The molecule has 0 radical (unpaired) electrons. The summed E-state index contributed by atoms with van der Waals surface area (Å²) < 4.78 is 0. The zero-order chi connectivity index (χ0) is 15.6. The fourth-order valence-electron chi connectivity index (χ4n) is 1.79. The summed E-state index contributed by atoms with van der Waals surface area (Å²) >= 11 is 0. The number of nitro groups is 1. The van der Waals surface area contributed by atoms with Gasteiger partial charge in [-0.2, -0.15) is 0 Å². The number of anilines is 1. The van der Waals surface area contributed by atoms with Gasteiger partial charge in [0.25, 0.3) is 11.2 Å². The Labute approximate surface area is 120 Å². The molecule has 112 valence electrons. The number of hydrogen-bond donors (Lipinski definition) is 3. The average Bonchev–Trinajstić information content (AvgIpc) is 2.44. The Hall–Kier alpha value is -2.48. The Morgan fingerprint density at radius 3 is 2.81 bits per heavy atom. The van der Waals surface area contributed by atoms with Gasteiger partial charge in [-0.3, -0.25) is 14.9 Å². The largest absolute Gasteiger partial charge is 0.396 e. The van der Waals surface area contributed by atoms with Gasteiger partial charge in [0.15, 0.2) is 0 Å². The fourth-order valence-corrected chi connectivity index (χ4v) is 1.79. The average molecular weight is 292 g/mol. The van der Waals surface area contributed by atoms with E-state index >= 15 is 0 Å². The molecule has 0 spiro atoms. The van der Waals surface area contributed by atoms with Gasteiger partial charge in [-0.05, 0) is 6.07 Å². The number of rotatable bonds is 5. The molecule has 0 aliphatic rings. The number of aliphatic hydroxyl groups is 1. The number of fused-ring (bicyclic) bond motifs is 1. The van der Waals surface area contributed by atoms with Crippen LogP contribution >= 0.6 is 0 Å². The number of H-pyrrole nitrogens is 1. The maximum atomic E-state index is 11.7. The molecule has 0 unspecified atom stereocenters. The van der Waals surface area contributed by atoms with E-state index < -0.39 is 15.9 Å². The molecule has 1 heterocycles. The van der Waals surface area contributed by atoms with Crippen molar-refractivity contribution in [1.82, 2.24) is 9.97 Å². The van der Waals surface area contributed by atoms with Crippen LogP contribution in [0, 0.1) is 15.5 Å². The summed E-state index contributed by atoms with van der Waals surface area (Å²) in [5.74, 6) is 0. The van der Waals surface area contributed by atoms with Gasteiger partial charge in [-0.25, -0.2) is 4.98 Å². The molecule has 0 bridgehead atoms. The lowest BCUT2D eigenvalue weighted by molar-refractivity contribution is -0.383. The van der Waals surface area contributed by atoms with Gasteiger partial charge < -0.3 is 15.4 Å². The zero-order valence-corrected chi connectivity index (χ0v) is 11.7. The lowest BCUT2D eigenvalue weighted by atomic mass is 9.95. The molecule has 0 amide bonds. The first-order chi connectivity index (χ1) is 9.84. The monoisotopic (exact) mass is 292 g/mol. The van der Waals surface area contributed by atoms with Crippen LogP contribution in [0.3, 0.4) is 0 Å².